The fourth-order valence-electron chi connectivity index (χ4n) is 3.42. The first-order valence-corrected chi connectivity index (χ1v) is 7.86. The Balaban J connectivity index is 1.82. The van der Waals surface area contributed by atoms with Crippen LogP contribution in [0.1, 0.15) is 46.0 Å². The smallest absolute Gasteiger partial charge is 0.0571 e. The summed E-state index contributed by atoms with van der Waals surface area (Å²) in [7, 11) is 0. The fraction of sp³-hybridized carbons (Fsp3) is 1.00. The largest absolute Gasteiger partial charge is 0.393 e. The Morgan fingerprint density at radius 2 is 2.06 bits per heavy atom. The molecule has 2 rings (SSSR count). The Kier molecular flexibility index (Phi) is 5.46. The van der Waals surface area contributed by atoms with Crippen molar-refractivity contribution in [3.05, 3.63) is 0 Å². The van der Waals surface area contributed by atoms with Crippen molar-refractivity contribution < 1.29 is 5.11 Å². The standard InChI is InChI=1S/C15H30N2O/c1-3-7-17-10-12(8-14(11-17)16-4-2)9-15(18)13-5-6-13/h12-16,18H,3-11H2,1-2H3. The molecule has 0 bridgehead atoms. The zero-order valence-corrected chi connectivity index (χ0v) is 12.1. The third kappa shape index (κ3) is 4.22. The number of nitrogens with one attached hydrogen (secondary N) is 1. The first-order valence-electron chi connectivity index (χ1n) is 7.86. The van der Waals surface area contributed by atoms with Gasteiger partial charge >= 0.3 is 0 Å². The van der Waals surface area contributed by atoms with E-state index in [1.165, 1.54) is 45.3 Å². The Morgan fingerprint density at radius 1 is 1.28 bits per heavy atom. The number of likely N-dealkylation sites (N-methyl/N-ethyl adjacent to an activating group) is 1. The van der Waals surface area contributed by atoms with Crippen molar-refractivity contribution in [2.45, 2.75) is 58.1 Å². The third-order valence-corrected chi connectivity index (χ3v) is 4.39. The molecule has 106 valence electrons. The van der Waals surface area contributed by atoms with Crippen LogP contribution in [-0.4, -0.2) is 48.3 Å². The predicted octanol–water partition coefficient (Wildman–Crippen LogP) is 1.86. The van der Waals surface area contributed by atoms with E-state index in [-0.39, 0.29) is 6.10 Å². The van der Waals surface area contributed by atoms with Gasteiger partial charge in [0.15, 0.2) is 0 Å². The lowest BCUT2D eigenvalue weighted by Crippen LogP contribution is -2.49. The lowest BCUT2D eigenvalue weighted by Gasteiger charge is -2.38. The molecule has 1 aliphatic heterocycles. The second-order valence-corrected chi connectivity index (χ2v) is 6.26. The summed E-state index contributed by atoms with van der Waals surface area (Å²) in [4.78, 5) is 2.58. The Morgan fingerprint density at radius 3 is 2.67 bits per heavy atom. The van der Waals surface area contributed by atoms with E-state index in [9.17, 15) is 5.11 Å². The molecule has 1 aliphatic carbocycles. The average Bonchev–Trinajstić information content (AvgIpc) is 3.13. The van der Waals surface area contributed by atoms with Crippen LogP contribution in [0.3, 0.4) is 0 Å². The number of rotatable bonds is 7. The molecular weight excluding hydrogens is 224 g/mol. The highest BCUT2D eigenvalue weighted by atomic mass is 16.3. The monoisotopic (exact) mass is 254 g/mol. The van der Waals surface area contributed by atoms with E-state index in [1.54, 1.807) is 0 Å². The number of aliphatic hydroxyl groups is 1. The van der Waals surface area contributed by atoms with Gasteiger partial charge < -0.3 is 15.3 Å². The molecule has 0 aromatic heterocycles. The molecule has 0 radical (unpaired) electrons. The van der Waals surface area contributed by atoms with E-state index in [0.29, 0.717) is 17.9 Å². The van der Waals surface area contributed by atoms with Gasteiger partial charge in [0, 0.05) is 19.1 Å². The van der Waals surface area contributed by atoms with E-state index in [4.69, 9.17) is 0 Å². The van der Waals surface area contributed by atoms with Gasteiger partial charge in [-0.2, -0.15) is 0 Å². The highest BCUT2D eigenvalue weighted by Gasteiger charge is 2.34. The maximum atomic E-state index is 10.1. The normalized spacial score (nSPS) is 31.5. The van der Waals surface area contributed by atoms with Crippen molar-refractivity contribution in [1.29, 1.82) is 0 Å². The molecule has 2 aliphatic rings. The summed E-state index contributed by atoms with van der Waals surface area (Å²) < 4.78 is 0. The maximum absolute atomic E-state index is 10.1. The fourth-order valence-corrected chi connectivity index (χ4v) is 3.42. The number of piperidine rings is 1. The molecule has 18 heavy (non-hydrogen) atoms. The highest BCUT2D eigenvalue weighted by Crippen LogP contribution is 2.36. The molecule has 3 atom stereocenters. The summed E-state index contributed by atoms with van der Waals surface area (Å²) in [6.45, 7) is 9.09. The average molecular weight is 254 g/mol. The van der Waals surface area contributed by atoms with Crippen molar-refractivity contribution in [3.63, 3.8) is 0 Å². The Hall–Kier alpha value is -0.120. The second-order valence-electron chi connectivity index (χ2n) is 6.26. The number of nitrogens with zero attached hydrogens (tertiary/aromatic N) is 1. The zero-order valence-electron chi connectivity index (χ0n) is 12.1. The summed E-state index contributed by atoms with van der Waals surface area (Å²) in [5.41, 5.74) is 0. The molecule has 3 heteroatoms. The molecule has 2 N–H and O–H groups in total. The van der Waals surface area contributed by atoms with Gasteiger partial charge in [0.05, 0.1) is 6.10 Å². The zero-order chi connectivity index (χ0) is 13.0. The lowest BCUT2D eigenvalue weighted by atomic mass is 9.88. The van der Waals surface area contributed by atoms with E-state index in [0.717, 1.165) is 13.0 Å². The van der Waals surface area contributed by atoms with E-state index >= 15 is 0 Å². The summed E-state index contributed by atoms with van der Waals surface area (Å²) in [5, 5.41) is 13.7. The van der Waals surface area contributed by atoms with Crippen LogP contribution >= 0.6 is 0 Å². The first kappa shape index (κ1) is 14.3. The third-order valence-electron chi connectivity index (χ3n) is 4.39. The van der Waals surface area contributed by atoms with Gasteiger partial charge in [0.1, 0.15) is 0 Å². The number of hydrogen-bond acceptors (Lipinski definition) is 3. The Bertz CT molecular complexity index is 229. The van der Waals surface area contributed by atoms with Gasteiger partial charge in [-0.3, -0.25) is 0 Å². The molecule has 0 spiro atoms. The van der Waals surface area contributed by atoms with Crippen molar-refractivity contribution in [2.24, 2.45) is 11.8 Å². The number of aliphatic hydroxyl groups excluding tert-OH is 1. The van der Waals surface area contributed by atoms with Crippen LogP contribution in [-0.2, 0) is 0 Å². The van der Waals surface area contributed by atoms with Crippen molar-refractivity contribution in [1.82, 2.24) is 10.2 Å². The van der Waals surface area contributed by atoms with E-state index < -0.39 is 0 Å². The van der Waals surface area contributed by atoms with Gasteiger partial charge in [0.2, 0.25) is 0 Å². The van der Waals surface area contributed by atoms with Crippen LogP contribution < -0.4 is 5.32 Å². The van der Waals surface area contributed by atoms with Crippen LogP contribution in [0, 0.1) is 11.8 Å². The van der Waals surface area contributed by atoms with E-state index in [2.05, 4.69) is 24.1 Å². The highest BCUT2D eigenvalue weighted by molar-refractivity contribution is 4.88. The summed E-state index contributed by atoms with van der Waals surface area (Å²) in [6, 6.07) is 0.631. The van der Waals surface area contributed by atoms with Gasteiger partial charge in [-0.15, -0.1) is 0 Å². The molecule has 0 aromatic rings. The predicted molar refractivity (Wildman–Crippen MR) is 75.7 cm³/mol. The van der Waals surface area contributed by atoms with Crippen molar-refractivity contribution >= 4 is 0 Å². The van der Waals surface area contributed by atoms with Gasteiger partial charge in [-0.1, -0.05) is 13.8 Å². The minimum atomic E-state index is -0.0288. The lowest BCUT2D eigenvalue weighted by molar-refractivity contribution is 0.0752. The maximum Gasteiger partial charge on any atom is 0.0571 e. The van der Waals surface area contributed by atoms with Crippen LogP contribution in [0.4, 0.5) is 0 Å². The van der Waals surface area contributed by atoms with Crippen LogP contribution in [0.5, 0.6) is 0 Å². The van der Waals surface area contributed by atoms with Crippen molar-refractivity contribution in [3.8, 4) is 0 Å². The molecule has 1 saturated heterocycles. The topological polar surface area (TPSA) is 35.5 Å². The molecule has 1 saturated carbocycles. The number of hydrogen-bond donors (Lipinski definition) is 2. The molecule has 0 aromatic carbocycles. The van der Waals surface area contributed by atoms with Crippen LogP contribution in [0.15, 0.2) is 0 Å². The molecule has 0 amide bonds. The molecule has 3 nitrogen and oxygen atoms in total. The number of likely N-dealkylation sites (tertiary alicyclic amines) is 1. The van der Waals surface area contributed by atoms with Crippen LogP contribution in [0.25, 0.3) is 0 Å². The minimum Gasteiger partial charge on any atom is -0.393 e. The SMILES string of the molecule is CCCN1CC(CC(O)C2CC2)CC(NCC)C1. The molecule has 3 unspecified atom stereocenters. The summed E-state index contributed by atoms with van der Waals surface area (Å²) in [6.07, 6.45) is 5.98. The molecule has 2 fully saturated rings. The molecular formula is C15H30N2O. The second kappa shape index (κ2) is 6.88. The van der Waals surface area contributed by atoms with E-state index in [1.807, 2.05) is 0 Å². The minimum absolute atomic E-state index is 0.0288. The first-order chi connectivity index (χ1) is 8.72. The Labute approximate surface area is 112 Å². The molecule has 1 heterocycles. The van der Waals surface area contributed by atoms with Crippen molar-refractivity contribution in [2.75, 3.05) is 26.2 Å². The van der Waals surface area contributed by atoms with Gasteiger partial charge in [-0.05, 0) is 57.0 Å². The quantitative estimate of drug-likeness (QED) is 0.728. The van der Waals surface area contributed by atoms with Gasteiger partial charge in [-0.25, -0.2) is 0 Å². The van der Waals surface area contributed by atoms with Gasteiger partial charge in [0.25, 0.3) is 0 Å². The summed E-state index contributed by atoms with van der Waals surface area (Å²) >= 11 is 0. The summed E-state index contributed by atoms with van der Waals surface area (Å²) in [5.74, 6) is 1.31. The van der Waals surface area contributed by atoms with Crippen LogP contribution in [0.2, 0.25) is 0 Å².